The van der Waals surface area contributed by atoms with Crippen molar-refractivity contribution in [3.8, 4) is 0 Å². The molecule has 0 radical (unpaired) electrons. The minimum absolute atomic E-state index is 0.104. The number of nitrogens with one attached hydrogen (secondary N) is 1. The van der Waals surface area contributed by atoms with Gasteiger partial charge in [-0.3, -0.25) is 24.1 Å². The molecule has 150 valence electrons. The summed E-state index contributed by atoms with van der Waals surface area (Å²) in [6.45, 7) is 3.67. The van der Waals surface area contributed by atoms with Crippen molar-refractivity contribution in [2.45, 2.75) is 26.7 Å². The Hall–Kier alpha value is -3.23. The molecule has 1 N–H and O–H groups in total. The molecular formula is C19H23N3O6. The van der Waals surface area contributed by atoms with E-state index < -0.39 is 18.5 Å². The highest BCUT2D eigenvalue weighted by Crippen LogP contribution is 2.22. The number of benzene rings is 1. The lowest BCUT2D eigenvalue weighted by atomic mass is 10.2. The van der Waals surface area contributed by atoms with E-state index in [1.165, 1.54) is 29.2 Å². The Morgan fingerprint density at radius 3 is 2.21 bits per heavy atom. The maximum atomic E-state index is 12.1. The summed E-state index contributed by atoms with van der Waals surface area (Å²) in [5.41, 5.74) is 0.571. The van der Waals surface area contributed by atoms with Gasteiger partial charge in [-0.25, -0.2) is 4.79 Å². The Bertz CT molecular complexity index is 758. The number of amides is 4. The first-order chi connectivity index (χ1) is 13.4. The molecular weight excluding hydrogens is 366 g/mol. The average molecular weight is 389 g/mol. The van der Waals surface area contributed by atoms with Crippen LogP contribution < -0.4 is 10.2 Å². The molecule has 9 heteroatoms. The summed E-state index contributed by atoms with van der Waals surface area (Å²) in [5, 5.41) is 2.60. The van der Waals surface area contributed by atoms with E-state index >= 15 is 0 Å². The van der Waals surface area contributed by atoms with Crippen LogP contribution in [0, 0.1) is 0 Å². The third-order valence-corrected chi connectivity index (χ3v) is 4.18. The molecule has 1 fully saturated rings. The minimum Gasteiger partial charge on any atom is -0.452 e. The highest BCUT2D eigenvalue weighted by atomic mass is 16.5. The molecule has 2 rings (SSSR count). The van der Waals surface area contributed by atoms with Gasteiger partial charge in [0.1, 0.15) is 0 Å². The van der Waals surface area contributed by atoms with Crippen LogP contribution in [0.4, 0.5) is 5.69 Å². The van der Waals surface area contributed by atoms with E-state index in [-0.39, 0.29) is 42.7 Å². The van der Waals surface area contributed by atoms with E-state index in [9.17, 15) is 24.0 Å². The van der Waals surface area contributed by atoms with Crippen molar-refractivity contribution in [2.75, 3.05) is 31.1 Å². The normalized spacial score (nSPS) is 13.4. The number of likely N-dealkylation sites (N-methyl/N-ethyl adjacent to an activating group) is 2. The average Bonchev–Trinajstić information content (AvgIpc) is 3.02. The van der Waals surface area contributed by atoms with E-state index in [4.69, 9.17) is 4.74 Å². The summed E-state index contributed by atoms with van der Waals surface area (Å²) >= 11 is 0. The van der Waals surface area contributed by atoms with Crippen LogP contribution in [0.2, 0.25) is 0 Å². The van der Waals surface area contributed by atoms with E-state index in [1.807, 2.05) is 0 Å². The highest BCUT2D eigenvalue weighted by Gasteiger charge is 2.30. The number of carbonyl (C=O) groups excluding carboxylic acids is 5. The summed E-state index contributed by atoms with van der Waals surface area (Å²) in [6, 6.07) is 5.81. The lowest BCUT2D eigenvalue weighted by Crippen LogP contribution is -2.42. The second kappa shape index (κ2) is 9.63. The molecule has 0 saturated carbocycles. The fourth-order valence-electron chi connectivity index (χ4n) is 2.72. The molecule has 0 aromatic heterocycles. The van der Waals surface area contributed by atoms with Gasteiger partial charge in [-0.05, 0) is 38.1 Å². The van der Waals surface area contributed by atoms with Crippen LogP contribution in [0.3, 0.4) is 0 Å². The number of hydrogen-bond acceptors (Lipinski definition) is 6. The Labute approximate surface area is 162 Å². The predicted molar refractivity (Wildman–Crippen MR) is 99.4 cm³/mol. The largest absolute Gasteiger partial charge is 0.452 e. The van der Waals surface area contributed by atoms with Gasteiger partial charge in [0.15, 0.2) is 6.61 Å². The van der Waals surface area contributed by atoms with Crippen molar-refractivity contribution in [3.05, 3.63) is 29.8 Å². The third-order valence-electron chi connectivity index (χ3n) is 4.18. The zero-order chi connectivity index (χ0) is 20.7. The SMILES string of the molecule is CCNC(=O)CN(CC)C(=O)COC(=O)c1ccc(N2C(=O)CCC2=O)cc1. The Morgan fingerprint density at radius 2 is 1.68 bits per heavy atom. The zero-order valence-electron chi connectivity index (χ0n) is 15.9. The van der Waals surface area contributed by atoms with Gasteiger partial charge in [-0.2, -0.15) is 0 Å². The Kier molecular flexibility index (Phi) is 7.25. The van der Waals surface area contributed by atoms with E-state index in [0.29, 0.717) is 18.8 Å². The fourth-order valence-corrected chi connectivity index (χ4v) is 2.72. The van der Waals surface area contributed by atoms with Crippen LogP contribution in [0.15, 0.2) is 24.3 Å². The summed E-state index contributed by atoms with van der Waals surface area (Å²) in [5.74, 6) is -2.04. The molecule has 28 heavy (non-hydrogen) atoms. The summed E-state index contributed by atoms with van der Waals surface area (Å²) in [7, 11) is 0. The van der Waals surface area contributed by atoms with Crippen molar-refractivity contribution in [2.24, 2.45) is 0 Å². The predicted octanol–water partition coefficient (Wildman–Crippen LogP) is 0.481. The lowest BCUT2D eigenvalue weighted by Gasteiger charge is -2.20. The van der Waals surface area contributed by atoms with Gasteiger partial charge in [0.2, 0.25) is 17.7 Å². The molecule has 1 aliphatic rings. The lowest BCUT2D eigenvalue weighted by molar-refractivity contribution is -0.138. The number of rotatable bonds is 8. The first kappa shape index (κ1) is 21.1. The first-order valence-corrected chi connectivity index (χ1v) is 9.04. The van der Waals surface area contributed by atoms with Crippen molar-refractivity contribution in [1.82, 2.24) is 10.2 Å². The van der Waals surface area contributed by atoms with Crippen LogP contribution in [-0.2, 0) is 23.9 Å². The number of anilines is 1. The van der Waals surface area contributed by atoms with Crippen molar-refractivity contribution in [3.63, 3.8) is 0 Å². The molecule has 4 amide bonds. The molecule has 0 atom stereocenters. The Balaban J connectivity index is 1.92. The maximum absolute atomic E-state index is 12.1. The molecule has 1 aromatic rings. The number of esters is 1. The van der Waals surface area contributed by atoms with E-state index in [2.05, 4.69) is 5.32 Å². The standard InChI is InChI=1S/C19H23N3O6/c1-3-20-15(23)11-21(4-2)18(26)12-28-19(27)13-5-7-14(8-6-13)22-16(24)9-10-17(22)25/h5-8H,3-4,9-12H2,1-2H3,(H,20,23). The van der Waals surface area contributed by atoms with Gasteiger partial charge in [-0.1, -0.05) is 0 Å². The number of nitrogens with zero attached hydrogens (tertiary/aromatic N) is 2. The van der Waals surface area contributed by atoms with Gasteiger partial charge in [0.05, 0.1) is 17.8 Å². The number of imide groups is 1. The smallest absolute Gasteiger partial charge is 0.338 e. The van der Waals surface area contributed by atoms with Gasteiger partial charge in [0, 0.05) is 25.9 Å². The molecule has 0 spiro atoms. The number of ether oxygens (including phenoxy) is 1. The van der Waals surface area contributed by atoms with Crippen LogP contribution in [0.1, 0.15) is 37.0 Å². The van der Waals surface area contributed by atoms with Gasteiger partial charge < -0.3 is 15.0 Å². The van der Waals surface area contributed by atoms with Gasteiger partial charge >= 0.3 is 5.97 Å². The fraction of sp³-hybridized carbons (Fsp3) is 0.421. The topological polar surface area (TPSA) is 113 Å². The van der Waals surface area contributed by atoms with Crippen molar-refractivity contribution >= 4 is 35.3 Å². The summed E-state index contributed by atoms with van der Waals surface area (Å²) < 4.78 is 5.01. The zero-order valence-corrected chi connectivity index (χ0v) is 15.9. The first-order valence-electron chi connectivity index (χ1n) is 9.04. The molecule has 0 aliphatic carbocycles. The molecule has 1 aliphatic heterocycles. The monoisotopic (exact) mass is 389 g/mol. The van der Waals surface area contributed by atoms with E-state index in [0.717, 1.165) is 4.90 Å². The maximum Gasteiger partial charge on any atom is 0.338 e. The van der Waals surface area contributed by atoms with Crippen LogP contribution in [0.25, 0.3) is 0 Å². The number of hydrogen-bond donors (Lipinski definition) is 1. The molecule has 1 saturated heterocycles. The van der Waals surface area contributed by atoms with Crippen LogP contribution >= 0.6 is 0 Å². The number of carbonyl (C=O) groups is 5. The molecule has 0 bridgehead atoms. The molecule has 9 nitrogen and oxygen atoms in total. The quantitative estimate of drug-likeness (QED) is 0.511. The summed E-state index contributed by atoms with van der Waals surface area (Å²) in [4.78, 5) is 61.7. The van der Waals surface area contributed by atoms with Gasteiger partial charge in [0.25, 0.3) is 5.91 Å². The Morgan fingerprint density at radius 1 is 1.07 bits per heavy atom. The van der Waals surface area contributed by atoms with Crippen molar-refractivity contribution < 1.29 is 28.7 Å². The second-order valence-corrected chi connectivity index (χ2v) is 6.11. The second-order valence-electron chi connectivity index (χ2n) is 6.11. The van der Waals surface area contributed by atoms with Crippen LogP contribution in [0.5, 0.6) is 0 Å². The highest BCUT2D eigenvalue weighted by molar-refractivity contribution is 6.19. The molecule has 1 aromatic carbocycles. The summed E-state index contributed by atoms with van der Waals surface area (Å²) in [6.07, 6.45) is 0.351. The van der Waals surface area contributed by atoms with Crippen molar-refractivity contribution in [1.29, 1.82) is 0 Å². The third kappa shape index (κ3) is 5.15. The van der Waals surface area contributed by atoms with E-state index in [1.54, 1.807) is 13.8 Å². The van der Waals surface area contributed by atoms with Gasteiger partial charge in [-0.15, -0.1) is 0 Å². The minimum atomic E-state index is -0.715. The molecule has 0 unspecified atom stereocenters. The van der Waals surface area contributed by atoms with Crippen LogP contribution in [-0.4, -0.2) is 60.7 Å². The molecule has 1 heterocycles.